The summed E-state index contributed by atoms with van der Waals surface area (Å²) in [4.78, 5) is 12.3. The molecule has 2 atom stereocenters. The maximum Gasteiger partial charge on any atom is 0.167 e. The van der Waals surface area contributed by atoms with Crippen LogP contribution in [0.25, 0.3) is 0 Å². The summed E-state index contributed by atoms with van der Waals surface area (Å²) < 4.78 is 0. The summed E-state index contributed by atoms with van der Waals surface area (Å²) in [5.74, 6) is 0.276. The minimum absolute atomic E-state index is 0.0428. The molecule has 2 rings (SSSR count). The van der Waals surface area contributed by atoms with Crippen molar-refractivity contribution in [3.63, 3.8) is 0 Å². The maximum absolute atomic E-state index is 12.3. The van der Waals surface area contributed by atoms with Gasteiger partial charge in [0.25, 0.3) is 0 Å². The standard InChI is InChI=1S/C14H19NO/c1-9-6-10(2)8-11(7-9)14(16)12-4-3-5-13(12)15/h6-8,12-13H,3-5,15H2,1-2H3. The quantitative estimate of drug-likeness (QED) is 0.774. The highest BCUT2D eigenvalue weighted by atomic mass is 16.1. The summed E-state index contributed by atoms with van der Waals surface area (Å²) in [5.41, 5.74) is 9.10. The van der Waals surface area contributed by atoms with Crippen LogP contribution in [0.1, 0.15) is 40.7 Å². The van der Waals surface area contributed by atoms with Crippen LogP contribution in [0.2, 0.25) is 0 Å². The van der Waals surface area contributed by atoms with E-state index < -0.39 is 0 Å². The SMILES string of the molecule is Cc1cc(C)cc(C(=O)C2CCCC2N)c1. The van der Waals surface area contributed by atoms with Crippen LogP contribution in [0.3, 0.4) is 0 Å². The minimum atomic E-state index is 0.0428. The second kappa shape index (κ2) is 4.38. The van der Waals surface area contributed by atoms with Crippen LogP contribution in [0.4, 0.5) is 0 Å². The minimum Gasteiger partial charge on any atom is -0.327 e. The van der Waals surface area contributed by atoms with Crippen molar-refractivity contribution in [1.82, 2.24) is 0 Å². The normalized spacial score (nSPS) is 24.7. The third-order valence-electron chi connectivity index (χ3n) is 3.41. The van der Waals surface area contributed by atoms with Gasteiger partial charge in [0, 0.05) is 17.5 Å². The van der Waals surface area contributed by atoms with Crippen molar-refractivity contribution in [2.75, 3.05) is 0 Å². The van der Waals surface area contributed by atoms with Crippen molar-refractivity contribution in [1.29, 1.82) is 0 Å². The van der Waals surface area contributed by atoms with Gasteiger partial charge in [-0.2, -0.15) is 0 Å². The van der Waals surface area contributed by atoms with E-state index in [4.69, 9.17) is 5.73 Å². The second-order valence-corrected chi connectivity index (χ2v) is 4.94. The van der Waals surface area contributed by atoms with Gasteiger partial charge < -0.3 is 5.73 Å². The Hall–Kier alpha value is -1.15. The second-order valence-electron chi connectivity index (χ2n) is 4.94. The van der Waals surface area contributed by atoms with Gasteiger partial charge >= 0.3 is 0 Å². The lowest BCUT2D eigenvalue weighted by Crippen LogP contribution is -2.30. The van der Waals surface area contributed by atoms with Crippen molar-refractivity contribution in [2.45, 2.75) is 39.2 Å². The molecule has 1 fully saturated rings. The summed E-state index contributed by atoms with van der Waals surface area (Å²) in [6.45, 7) is 4.05. The molecule has 0 heterocycles. The molecule has 0 spiro atoms. The zero-order valence-corrected chi connectivity index (χ0v) is 9.99. The topological polar surface area (TPSA) is 43.1 Å². The average Bonchev–Trinajstić information content (AvgIpc) is 2.62. The number of benzene rings is 1. The number of carbonyl (C=O) groups is 1. The Morgan fingerprint density at radius 3 is 2.31 bits per heavy atom. The van der Waals surface area contributed by atoms with E-state index in [2.05, 4.69) is 6.07 Å². The molecule has 0 aromatic heterocycles. The first-order valence-electron chi connectivity index (χ1n) is 5.96. The van der Waals surface area contributed by atoms with Crippen LogP contribution in [-0.2, 0) is 0 Å². The highest BCUT2D eigenvalue weighted by Crippen LogP contribution is 2.27. The van der Waals surface area contributed by atoms with E-state index in [1.165, 1.54) is 0 Å². The molecule has 2 unspecified atom stereocenters. The van der Waals surface area contributed by atoms with Gasteiger partial charge in [-0.25, -0.2) is 0 Å². The van der Waals surface area contributed by atoms with E-state index in [9.17, 15) is 4.79 Å². The Bertz CT molecular complexity index is 391. The number of aryl methyl sites for hydroxylation is 2. The van der Waals surface area contributed by atoms with Crippen molar-refractivity contribution in [2.24, 2.45) is 11.7 Å². The zero-order valence-electron chi connectivity index (χ0n) is 9.99. The van der Waals surface area contributed by atoms with Crippen LogP contribution in [0.5, 0.6) is 0 Å². The Morgan fingerprint density at radius 2 is 1.81 bits per heavy atom. The van der Waals surface area contributed by atoms with Crippen LogP contribution < -0.4 is 5.73 Å². The van der Waals surface area contributed by atoms with Gasteiger partial charge in [-0.3, -0.25) is 4.79 Å². The van der Waals surface area contributed by atoms with Crippen molar-refractivity contribution in [3.05, 3.63) is 34.9 Å². The molecule has 0 amide bonds. The van der Waals surface area contributed by atoms with E-state index in [1.807, 2.05) is 26.0 Å². The molecule has 0 aliphatic heterocycles. The molecule has 16 heavy (non-hydrogen) atoms. The number of ketones is 1. The molecule has 1 aromatic carbocycles. The number of carbonyl (C=O) groups excluding carboxylic acids is 1. The molecule has 1 aromatic rings. The Labute approximate surface area is 96.8 Å². The first-order chi connectivity index (χ1) is 7.58. The fraction of sp³-hybridized carbons (Fsp3) is 0.500. The fourth-order valence-electron chi connectivity index (χ4n) is 2.65. The van der Waals surface area contributed by atoms with Gasteiger partial charge in [0.2, 0.25) is 0 Å². The monoisotopic (exact) mass is 217 g/mol. The number of hydrogen-bond acceptors (Lipinski definition) is 2. The molecule has 2 nitrogen and oxygen atoms in total. The van der Waals surface area contributed by atoms with Gasteiger partial charge in [0.05, 0.1) is 0 Å². The molecule has 0 saturated heterocycles. The maximum atomic E-state index is 12.3. The molecule has 0 radical (unpaired) electrons. The Morgan fingerprint density at radius 1 is 1.19 bits per heavy atom. The van der Waals surface area contributed by atoms with E-state index in [0.717, 1.165) is 36.0 Å². The lowest BCUT2D eigenvalue weighted by Gasteiger charge is -2.14. The van der Waals surface area contributed by atoms with Crippen LogP contribution in [0.15, 0.2) is 18.2 Å². The lowest BCUT2D eigenvalue weighted by molar-refractivity contribution is 0.0913. The summed E-state index contributed by atoms with van der Waals surface area (Å²) in [6.07, 6.45) is 3.02. The third kappa shape index (κ3) is 2.17. The summed E-state index contributed by atoms with van der Waals surface area (Å²) >= 11 is 0. The van der Waals surface area contributed by atoms with Crippen molar-refractivity contribution in [3.8, 4) is 0 Å². The lowest BCUT2D eigenvalue weighted by atomic mass is 9.92. The molecular weight excluding hydrogens is 198 g/mol. The van der Waals surface area contributed by atoms with E-state index in [-0.39, 0.29) is 17.7 Å². The van der Waals surface area contributed by atoms with Gasteiger partial charge in [0.1, 0.15) is 0 Å². The number of hydrogen-bond donors (Lipinski definition) is 1. The molecule has 2 N–H and O–H groups in total. The largest absolute Gasteiger partial charge is 0.327 e. The summed E-state index contributed by atoms with van der Waals surface area (Å²) in [5, 5.41) is 0. The highest BCUT2D eigenvalue weighted by Gasteiger charge is 2.30. The van der Waals surface area contributed by atoms with Crippen molar-refractivity contribution >= 4 is 5.78 Å². The molecule has 0 bridgehead atoms. The number of rotatable bonds is 2. The third-order valence-corrected chi connectivity index (χ3v) is 3.41. The molecular formula is C14H19NO. The molecule has 1 saturated carbocycles. The summed E-state index contributed by atoms with van der Waals surface area (Å²) in [7, 11) is 0. The average molecular weight is 217 g/mol. The highest BCUT2D eigenvalue weighted by molar-refractivity contribution is 5.98. The van der Waals surface area contributed by atoms with E-state index in [1.54, 1.807) is 0 Å². The number of Topliss-reactive ketones (excluding diaryl/α,β-unsaturated/α-hetero) is 1. The smallest absolute Gasteiger partial charge is 0.167 e. The van der Waals surface area contributed by atoms with Crippen LogP contribution in [-0.4, -0.2) is 11.8 Å². The van der Waals surface area contributed by atoms with Crippen molar-refractivity contribution < 1.29 is 4.79 Å². The molecule has 2 heteroatoms. The van der Waals surface area contributed by atoms with Gasteiger partial charge in [-0.05, 0) is 38.8 Å². The number of nitrogens with two attached hydrogens (primary N) is 1. The molecule has 1 aliphatic rings. The first-order valence-corrected chi connectivity index (χ1v) is 5.96. The zero-order chi connectivity index (χ0) is 11.7. The van der Waals surface area contributed by atoms with Gasteiger partial charge in [0.15, 0.2) is 5.78 Å². The predicted molar refractivity (Wildman–Crippen MR) is 65.6 cm³/mol. The molecule has 86 valence electrons. The van der Waals surface area contributed by atoms with E-state index in [0.29, 0.717) is 0 Å². The first kappa shape index (κ1) is 11.3. The summed E-state index contributed by atoms with van der Waals surface area (Å²) in [6, 6.07) is 6.10. The van der Waals surface area contributed by atoms with Crippen LogP contribution >= 0.6 is 0 Å². The fourth-order valence-corrected chi connectivity index (χ4v) is 2.65. The van der Waals surface area contributed by atoms with E-state index >= 15 is 0 Å². The van der Waals surface area contributed by atoms with Gasteiger partial charge in [-0.1, -0.05) is 23.6 Å². The van der Waals surface area contributed by atoms with Crippen LogP contribution in [0, 0.1) is 19.8 Å². The predicted octanol–water partition coefficient (Wildman–Crippen LogP) is 2.61. The Kier molecular flexibility index (Phi) is 3.10. The Balaban J connectivity index is 2.26. The molecule has 1 aliphatic carbocycles. The van der Waals surface area contributed by atoms with Gasteiger partial charge in [-0.15, -0.1) is 0 Å².